The molecular formula is C20H18N6O2S. The van der Waals surface area contributed by atoms with E-state index < -0.39 is 0 Å². The van der Waals surface area contributed by atoms with Crippen LogP contribution in [0.4, 0.5) is 16.5 Å². The average Bonchev–Trinajstić information content (AvgIpc) is 3.09. The van der Waals surface area contributed by atoms with Gasteiger partial charge in [-0.05, 0) is 43.6 Å². The van der Waals surface area contributed by atoms with Gasteiger partial charge in [-0.15, -0.1) is 0 Å². The monoisotopic (exact) mass is 406 g/mol. The minimum atomic E-state index is -0.279. The molecule has 0 aliphatic heterocycles. The largest absolute Gasteiger partial charge is 0.478 e. The van der Waals surface area contributed by atoms with Gasteiger partial charge in [0.25, 0.3) is 5.91 Å². The second-order valence-electron chi connectivity index (χ2n) is 6.11. The van der Waals surface area contributed by atoms with Crippen molar-refractivity contribution in [1.82, 2.24) is 19.3 Å². The van der Waals surface area contributed by atoms with E-state index in [9.17, 15) is 4.79 Å². The van der Waals surface area contributed by atoms with Gasteiger partial charge in [-0.1, -0.05) is 12.1 Å². The Morgan fingerprint density at radius 1 is 1.10 bits per heavy atom. The number of benzene rings is 1. The van der Waals surface area contributed by atoms with E-state index in [1.807, 2.05) is 31.2 Å². The summed E-state index contributed by atoms with van der Waals surface area (Å²) in [5.74, 6) is 0.777. The minimum absolute atomic E-state index is 0.279. The molecule has 0 saturated heterocycles. The van der Waals surface area contributed by atoms with Crippen molar-refractivity contribution in [2.45, 2.75) is 13.8 Å². The Morgan fingerprint density at radius 2 is 1.93 bits per heavy atom. The van der Waals surface area contributed by atoms with Crippen molar-refractivity contribution in [2.24, 2.45) is 0 Å². The molecule has 29 heavy (non-hydrogen) atoms. The Labute approximate surface area is 171 Å². The molecule has 0 radical (unpaired) electrons. The number of nitrogens with zero attached hydrogens (tertiary/aromatic N) is 4. The third kappa shape index (κ3) is 4.14. The molecular weight excluding hydrogens is 388 g/mol. The summed E-state index contributed by atoms with van der Waals surface area (Å²) in [6.45, 7) is 4.21. The number of pyridine rings is 1. The van der Waals surface area contributed by atoms with Crippen molar-refractivity contribution in [3.05, 3.63) is 60.0 Å². The van der Waals surface area contributed by atoms with Gasteiger partial charge in [0.1, 0.15) is 10.8 Å². The second kappa shape index (κ2) is 8.19. The number of rotatable bonds is 6. The Bertz CT molecular complexity index is 1160. The lowest BCUT2D eigenvalue weighted by Gasteiger charge is -2.09. The lowest BCUT2D eigenvalue weighted by atomic mass is 10.2. The molecule has 3 aromatic heterocycles. The highest BCUT2D eigenvalue weighted by Crippen LogP contribution is 2.28. The topological polar surface area (TPSA) is 102 Å². The maximum atomic E-state index is 12.9. The number of para-hydroxylation sites is 2. The van der Waals surface area contributed by atoms with Crippen molar-refractivity contribution in [3.8, 4) is 5.88 Å². The molecule has 146 valence electrons. The number of carbonyl (C=O) groups is 1. The van der Waals surface area contributed by atoms with E-state index in [1.165, 1.54) is 11.5 Å². The highest BCUT2D eigenvalue weighted by Gasteiger charge is 2.19. The van der Waals surface area contributed by atoms with Gasteiger partial charge >= 0.3 is 0 Å². The van der Waals surface area contributed by atoms with E-state index in [1.54, 1.807) is 31.5 Å². The lowest BCUT2D eigenvalue weighted by molar-refractivity contribution is 0.102. The van der Waals surface area contributed by atoms with Crippen LogP contribution in [0.25, 0.3) is 11.0 Å². The van der Waals surface area contributed by atoms with Gasteiger partial charge in [-0.2, -0.15) is 4.37 Å². The van der Waals surface area contributed by atoms with Gasteiger partial charge in [0.15, 0.2) is 0 Å². The predicted octanol–water partition coefficient (Wildman–Crippen LogP) is 4.18. The van der Waals surface area contributed by atoms with Crippen LogP contribution in [-0.2, 0) is 0 Å². The van der Waals surface area contributed by atoms with Crippen molar-refractivity contribution >= 4 is 45.0 Å². The predicted molar refractivity (Wildman–Crippen MR) is 113 cm³/mol. The molecule has 8 nitrogen and oxygen atoms in total. The first kappa shape index (κ1) is 18.8. The smallest absolute Gasteiger partial charge is 0.260 e. The minimum Gasteiger partial charge on any atom is -0.478 e. The van der Waals surface area contributed by atoms with E-state index in [2.05, 4.69) is 30.0 Å². The van der Waals surface area contributed by atoms with Gasteiger partial charge in [-0.25, -0.2) is 9.97 Å². The molecule has 0 bridgehead atoms. The van der Waals surface area contributed by atoms with Crippen LogP contribution in [0.15, 0.2) is 48.8 Å². The normalized spacial score (nSPS) is 10.7. The molecule has 0 aliphatic carbocycles. The molecule has 1 aromatic carbocycles. The van der Waals surface area contributed by atoms with Gasteiger partial charge < -0.3 is 15.4 Å². The maximum Gasteiger partial charge on any atom is 0.260 e. The van der Waals surface area contributed by atoms with E-state index in [4.69, 9.17) is 4.74 Å². The molecule has 0 fully saturated rings. The molecule has 3 heterocycles. The van der Waals surface area contributed by atoms with Crippen LogP contribution in [-0.4, -0.2) is 31.8 Å². The van der Waals surface area contributed by atoms with Crippen molar-refractivity contribution in [3.63, 3.8) is 0 Å². The zero-order valence-electron chi connectivity index (χ0n) is 15.8. The van der Waals surface area contributed by atoms with Crippen LogP contribution in [0.3, 0.4) is 0 Å². The molecule has 0 atom stereocenters. The first-order valence-electron chi connectivity index (χ1n) is 8.99. The molecule has 0 spiro atoms. The zero-order valence-corrected chi connectivity index (χ0v) is 16.7. The van der Waals surface area contributed by atoms with Crippen LogP contribution >= 0.6 is 11.5 Å². The highest BCUT2D eigenvalue weighted by molar-refractivity contribution is 7.10. The third-order valence-electron chi connectivity index (χ3n) is 4.07. The summed E-state index contributed by atoms with van der Waals surface area (Å²) in [7, 11) is 0. The fourth-order valence-corrected chi connectivity index (χ4v) is 3.54. The summed E-state index contributed by atoms with van der Waals surface area (Å²) in [4.78, 5) is 25.9. The van der Waals surface area contributed by atoms with Gasteiger partial charge in [0.05, 0.1) is 47.0 Å². The van der Waals surface area contributed by atoms with Crippen LogP contribution in [0.5, 0.6) is 5.88 Å². The highest BCUT2D eigenvalue weighted by atomic mass is 32.1. The fraction of sp³-hybridized carbons (Fsp3) is 0.150. The van der Waals surface area contributed by atoms with E-state index in [-0.39, 0.29) is 5.91 Å². The van der Waals surface area contributed by atoms with Gasteiger partial charge in [0.2, 0.25) is 5.88 Å². The average molecular weight is 406 g/mol. The number of hydrogen-bond donors (Lipinski definition) is 2. The summed E-state index contributed by atoms with van der Waals surface area (Å²) in [5, 5.41) is 6.61. The molecule has 0 aliphatic rings. The number of hydrogen-bond acceptors (Lipinski definition) is 8. The Hall–Kier alpha value is -3.59. The summed E-state index contributed by atoms with van der Waals surface area (Å²) in [6, 6.07) is 11.1. The number of fused-ring (bicyclic) bond motifs is 1. The zero-order chi connectivity index (χ0) is 20.2. The Kier molecular flexibility index (Phi) is 5.30. The SMILES string of the molecule is CCOc1ccc(NC(=O)c2c(C)nsc2Nc2cnc3ccccc3n2)cn1. The summed E-state index contributed by atoms with van der Waals surface area (Å²) < 4.78 is 9.63. The van der Waals surface area contributed by atoms with E-state index >= 15 is 0 Å². The fourth-order valence-electron chi connectivity index (χ4n) is 2.74. The standard InChI is InChI=1S/C20H18N6O2S/c1-3-28-17-9-8-13(10-22-17)23-19(27)18-12(2)26-29-20(18)25-16-11-21-14-6-4-5-7-15(14)24-16/h4-11H,3H2,1-2H3,(H,23,27)(H,24,25). The second-order valence-corrected chi connectivity index (χ2v) is 6.89. The summed E-state index contributed by atoms with van der Waals surface area (Å²) in [6.07, 6.45) is 3.19. The first-order valence-corrected chi connectivity index (χ1v) is 9.76. The number of aromatic nitrogens is 4. The third-order valence-corrected chi connectivity index (χ3v) is 4.92. The molecule has 4 aromatic rings. The van der Waals surface area contributed by atoms with Gasteiger partial charge in [0, 0.05) is 6.07 Å². The first-order chi connectivity index (χ1) is 14.1. The van der Waals surface area contributed by atoms with E-state index in [0.29, 0.717) is 40.3 Å². The van der Waals surface area contributed by atoms with Crippen LogP contribution in [0.2, 0.25) is 0 Å². The molecule has 4 rings (SSSR count). The Morgan fingerprint density at radius 3 is 2.69 bits per heavy atom. The molecule has 0 saturated carbocycles. The quantitative estimate of drug-likeness (QED) is 0.495. The van der Waals surface area contributed by atoms with E-state index in [0.717, 1.165) is 11.0 Å². The molecule has 9 heteroatoms. The number of nitrogens with one attached hydrogen (secondary N) is 2. The van der Waals surface area contributed by atoms with Crippen molar-refractivity contribution < 1.29 is 9.53 Å². The lowest BCUT2D eigenvalue weighted by Crippen LogP contribution is -2.14. The summed E-state index contributed by atoms with van der Waals surface area (Å²) >= 11 is 1.20. The number of anilines is 3. The maximum absolute atomic E-state index is 12.9. The number of carbonyl (C=O) groups excluding carboxylic acids is 1. The number of amides is 1. The molecule has 2 N–H and O–H groups in total. The van der Waals surface area contributed by atoms with Crippen molar-refractivity contribution in [2.75, 3.05) is 17.2 Å². The van der Waals surface area contributed by atoms with Gasteiger partial charge in [-0.3, -0.25) is 9.78 Å². The molecule has 0 unspecified atom stereocenters. The number of aryl methyl sites for hydroxylation is 1. The Balaban J connectivity index is 1.55. The summed E-state index contributed by atoms with van der Waals surface area (Å²) in [5.41, 5.74) is 3.23. The van der Waals surface area contributed by atoms with Crippen LogP contribution in [0.1, 0.15) is 23.0 Å². The van der Waals surface area contributed by atoms with Crippen molar-refractivity contribution in [1.29, 1.82) is 0 Å². The number of ether oxygens (including phenoxy) is 1. The van der Waals surface area contributed by atoms with Crippen LogP contribution in [0, 0.1) is 6.92 Å². The molecule has 1 amide bonds. The van der Waals surface area contributed by atoms with Crippen LogP contribution < -0.4 is 15.4 Å².